The van der Waals surface area contributed by atoms with Crippen molar-refractivity contribution in [1.82, 2.24) is 9.78 Å². The van der Waals surface area contributed by atoms with Crippen LogP contribution < -0.4 is 0 Å². The number of hydrogen-bond donors (Lipinski definition) is 0. The van der Waals surface area contributed by atoms with Crippen LogP contribution >= 0.6 is 27.3 Å². The zero-order valence-corrected chi connectivity index (χ0v) is 10.1. The molecule has 16 heavy (non-hydrogen) atoms. The van der Waals surface area contributed by atoms with E-state index in [1.807, 2.05) is 0 Å². The Morgan fingerprint density at radius 2 is 2.38 bits per heavy atom. The molecule has 0 aromatic carbocycles. The van der Waals surface area contributed by atoms with Crippen molar-refractivity contribution in [1.29, 1.82) is 0 Å². The van der Waals surface area contributed by atoms with Gasteiger partial charge in [-0.2, -0.15) is 5.10 Å². The number of rotatable bonds is 3. The standard InChI is InChI=1S/C8H4BrN3O3S/c9-5-2-10-11(3-5)7-1-6(4-13)16-8(7)12(14)15/h1-4H. The highest BCUT2D eigenvalue weighted by Crippen LogP contribution is 2.32. The summed E-state index contributed by atoms with van der Waals surface area (Å²) in [4.78, 5) is 21.1. The SMILES string of the molecule is O=Cc1cc(-n2cc(Br)cn2)c([N+](=O)[O-])s1. The van der Waals surface area contributed by atoms with E-state index in [4.69, 9.17) is 0 Å². The van der Waals surface area contributed by atoms with E-state index in [1.54, 1.807) is 6.20 Å². The van der Waals surface area contributed by atoms with Gasteiger partial charge in [-0.3, -0.25) is 14.9 Å². The van der Waals surface area contributed by atoms with Crippen molar-refractivity contribution in [2.75, 3.05) is 0 Å². The van der Waals surface area contributed by atoms with Gasteiger partial charge >= 0.3 is 5.00 Å². The molecule has 2 heterocycles. The third-order valence-electron chi connectivity index (χ3n) is 1.79. The monoisotopic (exact) mass is 301 g/mol. The number of aromatic nitrogens is 2. The minimum Gasteiger partial charge on any atom is -0.297 e. The average Bonchev–Trinajstić information content (AvgIpc) is 2.82. The van der Waals surface area contributed by atoms with E-state index in [0.717, 1.165) is 11.3 Å². The maximum absolute atomic E-state index is 10.8. The van der Waals surface area contributed by atoms with Crippen LogP contribution in [0, 0.1) is 10.1 Å². The van der Waals surface area contributed by atoms with Crippen LogP contribution in [0.15, 0.2) is 22.9 Å². The molecular weight excluding hydrogens is 298 g/mol. The molecule has 0 saturated carbocycles. The fourth-order valence-electron chi connectivity index (χ4n) is 1.18. The Balaban J connectivity index is 2.58. The third kappa shape index (κ3) is 1.89. The fraction of sp³-hybridized carbons (Fsp3) is 0. The summed E-state index contributed by atoms with van der Waals surface area (Å²) < 4.78 is 2.06. The number of halogens is 1. The van der Waals surface area contributed by atoms with E-state index in [9.17, 15) is 14.9 Å². The van der Waals surface area contributed by atoms with Crippen LogP contribution in [0.4, 0.5) is 5.00 Å². The predicted molar refractivity (Wildman–Crippen MR) is 61.2 cm³/mol. The van der Waals surface area contributed by atoms with Crippen molar-refractivity contribution in [2.24, 2.45) is 0 Å². The third-order valence-corrected chi connectivity index (χ3v) is 3.20. The lowest BCUT2D eigenvalue weighted by Crippen LogP contribution is -1.96. The minimum atomic E-state index is -0.525. The Morgan fingerprint density at radius 1 is 1.62 bits per heavy atom. The van der Waals surface area contributed by atoms with Gasteiger partial charge < -0.3 is 0 Å². The van der Waals surface area contributed by atoms with Crippen molar-refractivity contribution < 1.29 is 9.72 Å². The van der Waals surface area contributed by atoms with Crippen LogP contribution in [0.3, 0.4) is 0 Å². The Kier molecular flexibility index (Phi) is 2.84. The fourth-order valence-corrected chi connectivity index (χ4v) is 2.23. The predicted octanol–water partition coefficient (Wildman–Crippen LogP) is 2.42. The van der Waals surface area contributed by atoms with Crippen molar-refractivity contribution in [2.45, 2.75) is 0 Å². The number of nitro groups is 1. The lowest BCUT2D eigenvalue weighted by atomic mass is 10.4. The average molecular weight is 302 g/mol. The maximum Gasteiger partial charge on any atom is 0.350 e. The molecular formula is C8H4BrN3O3S. The second-order valence-electron chi connectivity index (χ2n) is 2.82. The lowest BCUT2D eigenvalue weighted by Gasteiger charge is -1.95. The Labute approximate surface area is 102 Å². The molecule has 0 spiro atoms. The Hall–Kier alpha value is -1.54. The molecule has 0 aliphatic heterocycles. The summed E-state index contributed by atoms with van der Waals surface area (Å²) in [6, 6.07) is 1.44. The first-order valence-electron chi connectivity index (χ1n) is 4.06. The second kappa shape index (κ2) is 4.14. The summed E-state index contributed by atoms with van der Waals surface area (Å²) in [5.74, 6) is 0. The summed E-state index contributed by atoms with van der Waals surface area (Å²) in [5, 5.41) is 14.6. The van der Waals surface area contributed by atoms with Gasteiger partial charge in [0.1, 0.15) is 0 Å². The number of hydrogen-bond acceptors (Lipinski definition) is 5. The van der Waals surface area contributed by atoms with Gasteiger partial charge in [-0.1, -0.05) is 11.3 Å². The Bertz CT molecular complexity index is 563. The van der Waals surface area contributed by atoms with Gasteiger partial charge in [0.2, 0.25) is 0 Å². The molecule has 0 aliphatic carbocycles. The van der Waals surface area contributed by atoms with Gasteiger partial charge in [0, 0.05) is 6.20 Å². The van der Waals surface area contributed by atoms with Gasteiger partial charge in [-0.25, -0.2) is 4.68 Å². The van der Waals surface area contributed by atoms with E-state index < -0.39 is 4.92 Å². The van der Waals surface area contributed by atoms with Crippen LogP contribution in [0.25, 0.3) is 5.69 Å². The number of aldehydes is 1. The number of carbonyl (C=O) groups excluding carboxylic acids is 1. The Morgan fingerprint density at radius 3 is 2.88 bits per heavy atom. The van der Waals surface area contributed by atoms with Gasteiger partial charge in [0.05, 0.1) is 20.5 Å². The number of thiophene rings is 1. The molecule has 2 aromatic rings. The van der Waals surface area contributed by atoms with Crippen LogP contribution in [-0.2, 0) is 0 Å². The van der Waals surface area contributed by atoms with E-state index >= 15 is 0 Å². The van der Waals surface area contributed by atoms with Crippen LogP contribution in [0.2, 0.25) is 0 Å². The first-order valence-corrected chi connectivity index (χ1v) is 5.66. The molecule has 0 N–H and O–H groups in total. The summed E-state index contributed by atoms with van der Waals surface area (Å²) in [6.45, 7) is 0. The highest BCUT2D eigenvalue weighted by Gasteiger charge is 2.21. The molecule has 0 fully saturated rings. The molecule has 0 unspecified atom stereocenters. The zero-order valence-electron chi connectivity index (χ0n) is 7.66. The molecule has 0 amide bonds. The quantitative estimate of drug-likeness (QED) is 0.495. The molecule has 6 nitrogen and oxygen atoms in total. The highest BCUT2D eigenvalue weighted by atomic mass is 79.9. The van der Waals surface area contributed by atoms with Crippen molar-refractivity contribution in [3.8, 4) is 5.69 Å². The van der Waals surface area contributed by atoms with Gasteiger partial charge in [0.15, 0.2) is 12.0 Å². The van der Waals surface area contributed by atoms with Gasteiger partial charge in [0.25, 0.3) is 0 Å². The number of carbonyl (C=O) groups is 1. The first-order chi connectivity index (χ1) is 7.61. The topological polar surface area (TPSA) is 78.0 Å². The molecule has 82 valence electrons. The van der Waals surface area contributed by atoms with Crippen molar-refractivity contribution in [3.05, 3.63) is 37.9 Å². The van der Waals surface area contributed by atoms with Crippen molar-refractivity contribution in [3.63, 3.8) is 0 Å². The molecule has 0 aliphatic rings. The maximum atomic E-state index is 10.8. The normalized spacial score (nSPS) is 10.3. The molecule has 0 saturated heterocycles. The van der Waals surface area contributed by atoms with Crippen LogP contribution in [0.5, 0.6) is 0 Å². The van der Waals surface area contributed by atoms with Crippen LogP contribution in [-0.4, -0.2) is 21.0 Å². The van der Waals surface area contributed by atoms with E-state index in [1.165, 1.54) is 16.9 Å². The summed E-state index contributed by atoms with van der Waals surface area (Å²) in [7, 11) is 0. The lowest BCUT2D eigenvalue weighted by molar-refractivity contribution is -0.380. The second-order valence-corrected chi connectivity index (χ2v) is 4.80. The molecule has 0 atom stereocenters. The van der Waals surface area contributed by atoms with Gasteiger partial charge in [-0.05, 0) is 22.0 Å². The van der Waals surface area contributed by atoms with Crippen molar-refractivity contribution >= 4 is 38.6 Å². The molecule has 8 heteroatoms. The van der Waals surface area contributed by atoms with Gasteiger partial charge in [-0.15, -0.1) is 0 Å². The van der Waals surface area contributed by atoms with Crippen LogP contribution in [0.1, 0.15) is 9.67 Å². The minimum absolute atomic E-state index is 0.0994. The van der Waals surface area contributed by atoms with E-state index in [0.29, 0.717) is 21.3 Å². The smallest absolute Gasteiger partial charge is 0.297 e. The number of nitrogens with zero attached hydrogens (tertiary/aromatic N) is 3. The molecule has 0 bridgehead atoms. The molecule has 2 rings (SSSR count). The largest absolute Gasteiger partial charge is 0.350 e. The van der Waals surface area contributed by atoms with E-state index in [-0.39, 0.29) is 5.00 Å². The highest BCUT2D eigenvalue weighted by molar-refractivity contribution is 9.10. The van der Waals surface area contributed by atoms with E-state index in [2.05, 4.69) is 21.0 Å². The zero-order chi connectivity index (χ0) is 11.7. The summed E-state index contributed by atoms with van der Waals surface area (Å²) >= 11 is 4.02. The molecule has 2 aromatic heterocycles. The summed E-state index contributed by atoms with van der Waals surface area (Å²) in [5.41, 5.74) is 0.294. The first kappa shape index (κ1) is 11.0. The summed E-state index contributed by atoms with van der Waals surface area (Å²) in [6.07, 6.45) is 3.69. The molecule has 0 radical (unpaired) electrons.